The molecule has 8 heteroatoms. The number of halogens is 1. The maximum atomic E-state index is 5.98. The molecule has 1 aromatic heterocycles. The lowest BCUT2D eigenvalue weighted by Gasteiger charge is -2.11. The van der Waals surface area contributed by atoms with E-state index in [1.54, 1.807) is 29.8 Å². The van der Waals surface area contributed by atoms with Crippen molar-refractivity contribution in [3.63, 3.8) is 0 Å². The third-order valence-electron chi connectivity index (χ3n) is 5.07. The Kier molecular flexibility index (Phi) is 8.03. The van der Waals surface area contributed by atoms with Crippen LogP contribution < -0.4 is 9.47 Å². The summed E-state index contributed by atoms with van der Waals surface area (Å²) >= 11 is 5.06. The Balaban J connectivity index is 1.44. The van der Waals surface area contributed by atoms with E-state index in [0.717, 1.165) is 32.3 Å². The fourth-order valence-electron chi connectivity index (χ4n) is 3.14. The lowest BCUT2D eigenvalue weighted by atomic mass is 10.2. The van der Waals surface area contributed by atoms with E-state index < -0.39 is 0 Å². The minimum Gasteiger partial charge on any atom is -0.493 e. The molecule has 34 heavy (non-hydrogen) atoms. The van der Waals surface area contributed by atoms with Crippen molar-refractivity contribution in [1.29, 1.82) is 0 Å². The first-order chi connectivity index (χ1) is 16.5. The molecular weight excluding hydrogens is 512 g/mol. The smallest absolute Gasteiger partial charge is 0.212 e. The highest BCUT2D eigenvalue weighted by Crippen LogP contribution is 2.29. The van der Waals surface area contributed by atoms with Crippen LogP contribution in [0.4, 0.5) is 0 Å². The molecule has 0 amide bonds. The van der Waals surface area contributed by atoms with Crippen molar-refractivity contribution in [3.8, 4) is 11.5 Å². The quantitative estimate of drug-likeness (QED) is 0.182. The van der Waals surface area contributed by atoms with E-state index in [4.69, 9.17) is 9.47 Å². The average molecular weight is 537 g/mol. The van der Waals surface area contributed by atoms with Gasteiger partial charge in [0.15, 0.2) is 17.3 Å². The Bertz CT molecular complexity index is 1270. The molecular formula is C26H25BrN4O2S. The van der Waals surface area contributed by atoms with Gasteiger partial charge >= 0.3 is 0 Å². The fraction of sp³-hybridized carbons (Fsp3) is 0.192. The molecule has 0 spiro atoms. The van der Waals surface area contributed by atoms with E-state index in [1.165, 1.54) is 11.1 Å². The molecule has 0 N–H and O–H groups in total. The molecule has 0 aliphatic rings. The van der Waals surface area contributed by atoms with Gasteiger partial charge in [0.25, 0.3) is 0 Å². The molecule has 0 saturated carbocycles. The number of hydrogen-bond acceptors (Lipinski definition) is 6. The molecule has 174 valence electrons. The van der Waals surface area contributed by atoms with Crippen LogP contribution in [0.25, 0.3) is 0 Å². The van der Waals surface area contributed by atoms with Gasteiger partial charge in [-0.25, -0.2) is 0 Å². The van der Waals surface area contributed by atoms with Crippen molar-refractivity contribution in [1.82, 2.24) is 14.9 Å². The normalized spacial score (nSPS) is 11.2. The van der Waals surface area contributed by atoms with Gasteiger partial charge in [0.05, 0.1) is 13.3 Å². The standard InChI is InChI=1S/C26H25BrN4O2S/c1-18-4-6-20(7-5-18)16-33-24-13-10-22(14-25(24)32-3)15-28-31-19(2)29-30-26(31)34-17-21-8-11-23(27)12-9-21/h4-15H,16-17H2,1-3H3/b28-15+. The Labute approximate surface area is 212 Å². The number of aromatic nitrogens is 3. The summed E-state index contributed by atoms with van der Waals surface area (Å²) in [6.07, 6.45) is 1.77. The molecule has 0 fully saturated rings. The highest BCUT2D eigenvalue weighted by Gasteiger charge is 2.10. The van der Waals surface area contributed by atoms with Crippen molar-refractivity contribution < 1.29 is 9.47 Å². The molecule has 0 radical (unpaired) electrons. The van der Waals surface area contributed by atoms with Crippen LogP contribution in [0.2, 0.25) is 0 Å². The number of rotatable bonds is 9. The van der Waals surface area contributed by atoms with Crippen LogP contribution >= 0.6 is 27.7 Å². The van der Waals surface area contributed by atoms with Gasteiger partial charge in [-0.1, -0.05) is 69.7 Å². The first-order valence-electron chi connectivity index (χ1n) is 10.7. The first-order valence-corrected chi connectivity index (χ1v) is 12.5. The van der Waals surface area contributed by atoms with Crippen LogP contribution in [0.5, 0.6) is 11.5 Å². The Morgan fingerprint density at radius 1 is 0.941 bits per heavy atom. The minimum absolute atomic E-state index is 0.475. The van der Waals surface area contributed by atoms with E-state index >= 15 is 0 Å². The topological polar surface area (TPSA) is 61.5 Å². The van der Waals surface area contributed by atoms with Gasteiger partial charge in [0, 0.05) is 10.2 Å². The molecule has 4 rings (SSSR count). The van der Waals surface area contributed by atoms with E-state index in [9.17, 15) is 0 Å². The van der Waals surface area contributed by atoms with Crippen LogP contribution in [-0.2, 0) is 12.4 Å². The van der Waals surface area contributed by atoms with Gasteiger partial charge in [-0.15, -0.1) is 10.2 Å². The fourth-order valence-corrected chi connectivity index (χ4v) is 4.30. The van der Waals surface area contributed by atoms with Crippen molar-refractivity contribution >= 4 is 33.9 Å². The summed E-state index contributed by atoms with van der Waals surface area (Å²) in [5.74, 6) is 2.84. The van der Waals surface area contributed by atoms with E-state index in [-0.39, 0.29) is 0 Å². The number of nitrogens with zero attached hydrogens (tertiary/aromatic N) is 4. The number of hydrogen-bond donors (Lipinski definition) is 0. The van der Waals surface area contributed by atoms with Crippen LogP contribution in [-0.4, -0.2) is 28.2 Å². The molecule has 0 aliphatic carbocycles. The molecule has 4 aromatic rings. The molecule has 6 nitrogen and oxygen atoms in total. The molecule has 3 aromatic carbocycles. The van der Waals surface area contributed by atoms with Crippen LogP contribution in [0.3, 0.4) is 0 Å². The summed E-state index contributed by atoms with van der Waals surface area (Å²) < 4.78 is 14.3. The zero-order valence-electron chi connectivity index (χ0n) is 19.2. The summed E-state index contributed by atoms with van der Waals surface area (Å²) in [5, 5.41) is 13.8. The van der Waals surface area contributed by atoms with Crippen LogP contribution in [0, 0.1) is 13.8 Å². The van der Waals surface area contributed by atoms with Gasteiger partial charge < -0.3 is 9.47 Å². The molecule has 0 unspecified atom stereocenters. The summed E-state index contributed by atoms with van der Waals surface area (Å²) in [7, 11) is 1.63. The second kappa shape index (κ2) is 11.4. The van der Waals surface area contributed by atoms with E-state index in [1.807, 2.05) is 37.3 Å². The van der Waals surface area contributed by atoms with Crippen LogP contribution in [0.15, 0.2) is 81.5 Å². The summed E-state index contributed by atoms with van der Waals surface area (Å²) in [6, 6.07) is 22.3. The zero-order valence-corrected chi connectivity index (χ0v) is 21.6. The van der Waals surface area contributed by atoms with Crippen molar-refractivity contribution in [3.05, 3.63) is 99.3 Å². The Morgan fingerprint density at radius 2 is 1.68 bits per heavy atom. The first kappa shape index (κ1) is 24.0. The number of thioether (sulfide) groups is 1. The number of aryl methyl sites for hydroxylation is 2. The van der Waals surface area contributed by atoms with Crippen molar-refractivity contribution in [2.75, 3.05) is 7.11 Å². The zero-order chi connectivity index (χ0) is 23.9. The lowest BCUT2D eigenvalue weighted by Crippen LogP contribution is -1.99. The number of benzene rings is 3. The summed E-state index contributed by atoms with van der Waals surface area (Å²) in [5.41, 5.74) is 4.42. The third kappa shape index (κ3) is 6.27. The Morgan fingerprint density at radius 3 is 2.41 bits per heavy atom. The predicted molar refractivity (Wildman–Crippen MR) is 140 cm³/mol. The second-order valence-electron chi connectivity index (χ2n) is 7.69. The highest BCUT2D eigenvalue weighted by atomic mass is 79.9. The average Bonchev–Trinajstić information content (AvgIpc) is 3.21. The maximum absolute atomic E-state index is 5.98. The van der Waals surface area contributed by atoms with Gasteiger partial charge in [0.1, 0.15) is 6.61 Å². The summed E-state index contributed by atoms with van der Waals surface area (Å²) in [4.78, 5) is 0. The van der Waals surface area contributed by atoms with Gasteiger partial charge in [-0.2, -0.15) is 9.78 Å². The second-order valence-corrected chi connectivity index (χ2v) is 9.54. The highest BCUT2D eigenvalue weighted by molar-refractivity contribution is 9.10. The maximum Gasteiger partial charge on any atom is 0.212 e. The van der Waals surface area contributed by atoms with E-state index in [2.05, 4.69) is 74.6 Å². The molecule has 0 bridgehead atoms. The van der Waals surface area contributed by atoms with Gasteiger partial charge in [0.2, 0.25) is 5.16 Å². The largest absolute Gasteiger partial charge is 0.493 e. The number of methoxy groups -OCH3 is 1. The SMILES string of the molecule is COc1cc(/C=N/n2c(C)nnc2SCc2ccc(Br)cc2)ccc1OCc1ccc(C)cc1. The predicted octanol–water partition coefficient (Wildman–Crippen LogP) is 6.42. The molecule has 0 atom stereocenters. The van der Waals surface area contributed by atoms with Gasteiger partial charge in [-0.3, -0.25) is 0 Å². The minimum atomic E-state index is 0.475. The van der Waals surface area contributed by atoms with E-state index in [0.29, 0.717) is 18.1 Å². The molecule has 1 heterocycles. The van der Waals surface area contributed by atoms with Crippen molar-refractivity contribution in [2.24, 2.45) is 5.10 Å². The molecule has 0 aliphatic heterocycles. The van der Waals surface area contributed by atoms with Crippen molar-refractivity contribution in [2.45, 2.75) is 31.4 Å². The summed E-state index contributed by atoms with van der Waals surface area (Å²) in [6.45, 7) is 4.43. The van der Waals surface area contributed by atoms with Crippen LogP contribution in [0.1, 0.15) is 28.1 Å². The molecule has 0 saturated heterocycles. The van der Waals surface area contributed by atoms with Gasteiger partial charge in [-0.05, 0) is 60.9 Å². The monoisotopic (exact) mass is 536 g/mol. The Hall–Kier alpha value is -3.10. The lowest BCUT2D eigenvalue weighted by molar-refractivity contribution is 0.284. The third-order valence-corrected chi connectivity index (χ3v) is 6.59. The number of ether oxygens (including phenoxy) is 2.